The summed E-state index contributed by atoms with van der Waals surface area (Å²) in [6, 6.07) is 2.21. The van der Waals surface area contributed by atoms with Crippen LogP contribution in [0.15, 0.2) is 6.07 Å². The summed E-state index contributed by atoms with van der Waals surface area (Å²) in [6.45, 7) is 11.1. The van der Waals surface area contributed by atoms with Crippen molar-refractivity contribution in [3.63, 3.8) is 0 Å². The van der Waals surface area contributed by atoms with E-state index < -0.39 is 0 Å². The van der Waals surface area contributed by atoms with Gasteiger partial charge in [-0.2, -0.15) is 5.10 Å². The van der Waals surface area contributed by atoms with Crippen LogP contribution in [0.4, 0.5) is 0 Å². The molecule has 0 amide bonds. The number of nitrogens with zero attached hydrogens (tertiary/aromatic N) is 2. The van der Waals surface area contributed by atoms with Crippen molar-refractivity contribution in [3.8, 4) is 0 Å². The molecule has 0 saturated carbocycles. The fourth-order valence-electron chi connectivity index (χ4n) is 2.69. The number of hydrogen-bond donors (Lipinski definition) is 2. The van der Waals surface area contributed by atoms with Gasteiger partial charge in [0.1, 0.15) is 0 Å². The maximum absolute atomic E-state index is 4.43. The van der Waals surface area contributed by atoms with E-state index in [4.69, 9.17) is 0 Å². The summed E-state index contributed by atoms with van der Waals surface area (Å²) in [6.07, 6.45) is 2.61. The molecule has 1 aliphatic heterocycles. The zero-order valence-corrected chi connectivity index (χ0v) is 12.8. The standard InChI is InChI=1S/C15H28N4/c1-15(2,3)14-9-13(17-18-14)11-19(4)10-12-5-7-16-8-6-12/h9,12,16H,5-8,10-11H2,1-4H3,(H,17,18). The van der Waals surface area contributed by atoms with Gasteiger partial charge in [0.2, 0.25) is 0 Å². The van der Waals surface area contributed by atoms with Gasteiger partial charge in [-0.15, -0.1) is 0 Å². The van der Waals surface area contributed by atoms with Gasteiger partial charge in [-0.3, -0.25) is 5.10 Å². The first kappa shape index (κ1) is 14.5. The topological polar surface area (TPSA) is 44.0 Å². The summed E-state index contributed by atoms with van der Waals surface area (Å²) in [7, 11) is 2.21. The summed E-state index contributed by atoms with van der Waals surface area (Å²) < 4.78 is 0. The van der Waals surface area contributed by atoms with Crippen LogP contribution in [0.25, 0.3) is 0 Å². The molecule has 2 N–H and O–H groups in total. The third-order valence-electron chi connectivity index (χ3n) is 3.87. The molecule has 1 fully saturated rings. The molecular weight excluding hydrogens is 236 g/mol. The molecule has 0 radical (unpaired) electrons. The lowest BCUT2D eigenvalue weighted by Gasteiger charge is -2.27. The second-order valence-electron chi connectivity index (χ2n) is 6.92. The van der Waals surface area contributed by atoms with E-state index in [1.807, 2.05) is 0 Å². The average molecular weight is 264 g/mol. The predicted molar refractivity (Wildman–Crippen MR) is 79.2 cm³/mol. The van der Waals surface area contributed by atoms with E-state index in [-0.39, 0.29) is 5.41 Å². The molecule has 4 heteroatoms. The van der Waals surface area contributed by atoms with E-state index in [2.05, 4.69) is 54.3 Å². The Morgan fingerprint density at radius 3 is 2.58 bits per heavy atom. The molecule has 1 saturated heterocycles. The Morgan fingerprint density at radius 2 is 2.00 bits per heavy atom. The monoisotopic (exact) mass is 264 g/mol. The molecule has 0 bridgehead atoms. The summed E-state index contributed by atoms with van der Waals surface area (Å²) in [5, 5.41) is 11.0. The lowest BCUT2D eigenvalue weighted by Crippen LogP contribution is -2.34. The van der Waals surface area contributed by atoms with Gasteiger partial charge in [0.05, 0.1) is 5.69 Å². The molecule has 1 aromatic heterocycles. The van der Waals surface area contributed by atoms with Crippen molar-refractivity contribution in [3.05, 3.63) is 17.5 Å². The Hall–Kier alpha value is -0.870. The highest BCUT2D eigenvalue weighted by Gasteiger charge is 2.19. The van der Waals surface area contributed by atoms with E-state index in [0.717, 1.165) is 18.2 Å². The van der Waals surface area contributed by atoms with E-state index in [1.165, 1.54) is 38.2 Å². The maximum atomic E-state index is 4.43. The van der Waals surface area contributed by atoms with E-state index in [1.54, 1.807) is 0 Å². The molecule has 1 aliphatic rings. The first-order chi connectivity index (χ1) is 8.95. The van der Waals surface area contributed by atoms with Gasteiger partial charge >= 0.3 is 0 Å². The number of rotatable bonds is 4. The van der Waals surface area contributed by atoms with Crippen LogP contribution in [0, 0.1) is 5.92 Å². The minimum atomic E-state index is 0.127. The number of nitrogens with one attached hydrogen (secondary N) is 2. The van der Waals surface area contributed by atoms with Gasteiger partial charge in [-0.25, -0.2) is 0 Å². The van der Waals surface area contributed by atoms with Crippen molar-refractivity contribution in [1.29, 1.82) is 0 Å². The third-order valence-corrected chi connectivity index (χ3v) is 3.87. The molecule has 2 heterocycles. The molecule has 1 aromatic rings. The molecule has 19 heavy (non-hydrogen) atoms. The van der Waals surface area contributed by atoms with Crippen LogP contribution >= 0.6 is 0 Å². The van der Waals surface area contributed by atoms with Crippen LogP contribution in [-0.2, 0) is 12.0 Å². The van der Waals surface area contributed by atoms with Crippen molar-refractivity contribution in [2.75, 3.05) is 26.7 Å². The van der Waals surface area contributed by atoms with Crippen molar-refractivity contribution < 1.29 is 0 Å². The van der Waals surface area contributed by atoms with Crippen LogP contribution in [0.1, 0.15) is 45.0 Å². The third kappa shape index (κ3) is 4.32. The zero-order chi connectivity index (χ0) is 13.9. The van der Waals surface area contributed by atoms with E-state index in [9.17, 15) is 0 Å². The average Bonchev–Trinajstić information content (AvgIpc) is 2.78. The van der Waals surface area contributed by atoms with Crippen molar-refractivity contribution in [1.82, 2.24) is 20.4 Å². The molecule has 0 aromatic carbocycles. The number of piperidine rings is 1. The van der Waals surface area contributed by atoms with Crippen LogP contribution < -0.4 is 5.32 Å². The van der Waals surface area contributed by atoms with Crippen LogP contribution in [0.5, 0.6) is 0 Å². The number of aromatic nitrogens is 2. The first-order valence-corrected chi connectivity index (χ1v) is 7.39. The van der Waals surface area contributed by atoms with Crippen LogP contribution in [0.2, 0.25) is 0 Å². The summed E-state index contributed by atoms with van der Waals surface area (Å²) in [4.78, 5) is 2.41. The largest absolute Gasteiger partial charge is 0.317 e. The molecule has 0 atom stereocenters. The SMILES string of the molecule is CN(Cc1cc(C(C)(C)C)n[nH]1)CC1CCNCC1. The lowest BCUT2D eigenvalue weighted by atomic mass is 9.92. The quantitative estimate of drug-likeness (QED) is 0.875. The lowest BCUT2D eigenvalue weighted by molar-refractivity contribution is 0.232. The molecule has 0 unspecified atom stereocenters. The number of H-pyrrole nitrogens is 1. The van der Waals surface area contributed by atoms with E-state index in [0.29, 0.717) is 0 Å². The molecule has 108 valence electrons. The van der Waals surface area contributed by atoms with E-state index >= 15 is 0 Å². The maximum Gasteiger partial charge on any atom is 0.0678 e. The highest BCUT2D eigenvalue weighted by atomic mass is 15.2. The Bertz CT molecular complexity index is 385. The fourth-order valence-corrected chi connectivity index (χ4v) is 2.69. The molecule has 0 aliphatic carbocycles. The predicted octanol–water partition coefficient (Wildman–Crippen LogP) is 2.14. The molecule has 2 rings (SSSR count). The first-order valence-electron chi connectivity index (χ1n) is 7.39. The van der Waals surface area contributed by atoms with Crippen LogP contribution in [-0.4, -0.2) is 41.8 Å². The minimum absolute atomic E-state index is 0.127. The smallest absolute Gasteiger partial charge is 0.0678 e. The van der Waals surface area contributed by atoms with Gasteiger partial charge in [0.15, 0.2) is 0 Å². The highest BCUT2D eigenvalue weighted by Crippen LogP contribution is 2.21. The minimum Gasteiger partial charge on any atom is -0.317 e. The Balaban J connectivity index is 1.84. The second-order valence-corrected chi connectivity index (χ2v) is 6.92. The van der Waals surface area contributed by atoms with Gasteiger partial charge in [0.25, 0.3) is 0 Å². The number of aromatic amines is 1. The molecule has 0 spiro atoms. The zero-order valence-electron chi connectivity index (χ0n) is 12.8. The number of hydrogen-bond acceptors (Lipinski definition) is 3. The normalized spacial score (nSPS) is 18.2. The van der Waals surface area contributed by atoms with Crippen molar-refractivity contribution in [2.45, 2.75) is 45.6 Å². The van der Waals surface area contributed by atoms with Crippen LogP contribution in [0.3, 0.4) is 0 Å². The van der Waals surface area contributed by atoms with Gasteiger partial charge in [0, 0.05) is 24.2 Å². The fraction of sp³-hybridized carbons (Fsp3) is 0.800. The van der Waals surface area contributed by atoms with Crippen molar-refractivity contribution in [2.24, 2.45) is 5.92 Å². The summed E-state index contributed by atoms with van der Waals surface area (Å²) >= 11 is 0. The Labute approximate surface area is 117 Å². The Kier molecular flexibility index (Phi) is 4.63. The highest BCUT2D eigenvalue weighted by molar-refractivity contribution is 5.16. The van der Waals surface area contributed by atoms with Gasteiger partial charge < -0.3 is 10.2 Å². The second kappa shape index (κ2) is 6.06. The van der Waals surface area contributed by atoms with Crippen molar-refractivity contribution >= 4 is 0 Å². The van der Waals surface area contributed by atoms with Gasteiger partial charge in [-0.1, -0.05) is 20.8 Å². The van der Waals surface area contributed by atoms with Gasteiger partial charge in [-0.05, 0) is 45.0 Å². The summed E-state index contributed by atoms with van der Waals surface area (Å²) in [5.41, 5.74) is 2.50. The Morgan fingerprint density at radius 1 is 1.32 bits per heavy atom. The molecular formula is C15H28N4. The molecule has 4 nitrogen and oxygen atoms in total. The summed E-state index contributed by atoms with van der Waals surface area (Å²) in [5.74, 6) is 0.844.